The lowest BCUT2D eigenvalue weighted by atomic mass is 10.1. The highest BCUT2D eigenvalue weighted by molar-refractivity contribution is 7.32. The molecule has 0 aromatic carbocycles. The molecule has 0 aliphatic rings. The van der Waals surface area contributed by atoms with Crippen molar-refractivity contribution in [1.29, 1.82) is 0 Å². The molecule has 0 aliphatic carbocycles. The van der Waals surface area contributed by atoms with Crippen molar-refractivity contribution in [2.45, 2.75) is 52.4 Å². The normalized spacial score (nSPS) is 10.9. The molecule has 0 heterocycles. The fourth-order valence-electron chi connectivity index (χ4n) is 1.13. The molecule has 0 radical (unpaired) electrons. The summed E-state index contributed by atoms with van der Waals surface area (Å²) in [6.07, 6.45) is 8.88. The summed E-state index contributed by atoms with van der Waals surface area (Å²) >= 11 is 0. The summed E-state index contributed by atoms with van der Waals surface area (Å²) in [5.74, 6) is -0.149. The predicted molar refractivity (Wildman–Crippen MR) is 58.3 cm³/mol. The van der Waals surface area contributed by atoms with Gasteiger partial charge in [0.1, 0.15) is 0 Å². The van der Waals surface area contributed by atoms with Crippen LogP contribution < -0.4 is 0 Å². The van der Waals surface area contributed by atoms with E-state index in [0.717, 1.165) is 6.16 Å². The molecule has 0 N–H and O–H groups in total. The van der Waals surface area contributed by atoms with Crippen molar-refractivity contribution in [3.05, 3.63) is 0 Å². The molecule has 1 atom stereocenters. The van der Waals surface area contributed by atoms with Crippen LogP contribution in [0, 0.1) is 0 Å². The van der Waals surface area contributed by atoms with E-state index in [-0.39, 0.29) is 5.97 Å². The number of rotatable bonds is 8. The van der Waals surface area contributed by atoms with E-state index in [4.69, 9.17) is 4.52 Å². The summed E-state index contributed by atoms with van der Waals surface area (Å²) in [5, 5.41) is 0. The van der Waals surface area contributed by atoms with Gasteiger partial charge in [-0.05, 0) is 6.42 Å². The van der Waals surface area contributed by atoms with Gasteiger partial charge in [-0.3, -0.25) is 4.79 Å². The van der Waals surface area contributed by atoms with Crippen LogP contribution in [0.15, 0.2) is 0 Å². The Morgan fingerprint density at radius 2 is 1.77 bits per heavy atom. The molecule has 0 aromatic rings. The van der Waals surface area contributed by atoms with Gasteiger partial charge in [0.15, 0.2) is 0 Å². The average Bonchev–Trinajstić information content (AvgIpc) is 2.09. The van der Waals surface area contributed by atoms with Crippen LogP contribution in [0.25, 0.3) is 0 Å². The second-order valence-corrected chi connectivity index (χ2v) is 4.25. The van der Waals surface area contributed by atoms with Crippen LogP contribution >= 0.6 is 8.81 Å². The van der Waals surface area contributed by atoms with Gasteiger partial charge in [0, 0.05) is 13.1 Å². The molecule has 1 unspecified atom stereocenters. The van der Waals surface area contributed by atoms with Crippen LogP contribution in [-0.4, -0.2) is 12.1 Å². The average molecular weight is 204 g/mol. The summed E-state index contributed by atoms with van der Waals surface area (Å²) in [6, 6.07) is 0. The first kappa shape index (κ1) is 12.9. The zero-order valence-corrected chi connectivity index (χ0v) is 9.77. The van der Waals surface area contributed by atoms with Crippen molar-refractivity contribution in [2.24, 2.45) is 0 Å². The quantitative estimate of drug-likeness (QED) is 0.446. The van der Waals surface area contributed by atoms with Crippen molar-refractivity contribution in [1.82, 2.24) is 0 Å². The Bertz CT molecular complexity index is 126. The maximum Gasteiger partial charge on any atom is 0.305 e. The fraction of sp³-hybridized carbons (Fsp3) is 0.900. The molecule has 78 valence electrons. The van der Waals surface area contributed by atoms with Gasteiger partial charge in [0.2, 0.25) is 0 Å². The van der Waals surface area contributed by atoms with Crippen LogP contribution in [0.3, 0.4) is 0 Å². The largest absolute Gasteiger partial charge is 0.448 e. The van der Waals surface area contributed by atoms with Gasteiger partial charge in [-0.25, -0.2) is 0 Å². The number of hydrogen-bond donors (Lipinski definition) is 0. The minimum atomic E-state index is -0.149. The topological polar surface area (TPSA) is 26.3 Å². The Hall–Kier alpha value is -0.100. The Balaban J connectivity index is 2.87. The molecule has 0 fully saturated rings. The fourth-order valence-corrected chi connectivity index (χ4v) is 1.83. The second-order valence-electron chi connectivity index (χ2n) is 3.26. The van der Waals surface area contributed by atoms with Crippen molar-refractivity contribution in [2.75, 3.05) is 6.16 Å². The SMILES string of the molecule is CCCCCCCCPOC(C)=O. The highest BCUT2D eigenvalue weighted by atomic mass is 31.1. The first-order chi connectivity index (χ1) is 6.27. The first-order valence-electron chi connectivity index (χ1n) is 5.17. The third kappa shape index (κ3) is 11.9. The first-order valence-corrected chi connectivity index (χ1v) is 6.29. The van der Waals surface area contributed by atoms with E-state index in [9.17, 15) is 4.79 Å². The zero-order valence-electron chi connectivity index (χ0n) is 8.77. The maximum absolute atomic E-state index is 10.4. The lowest BCUT2D eigenvalue weighted by molar-refractivity contribution is -0.130. The summed E-state index contributed by atoms with van der Waals surface area (Å²) < 4.78 is 4.86. The molecule has 0 spiro atoms. The van der Waals surface area contributed by atoms with Crippen LogP contribution in [0.2, 0.25) is 0 Å². The lowest BCUT2D eigenvalue weighted by Crippen LogP contribution is -1.89. The van der Waals surface area contributed by atoms with Gasteiger partial charge in [-0.1, -0.05) is 39.0 Å². The summed E-state index contributed by atoms with van der Waals surface area (Å²) in [7, 11) is 0.375. The van der Waals surface area contributed by atoms with Crippen LogP contribution in [0.4, 0.5) is 0 Å². The molecule has 0 amide bonds. The van der Waals surface area contributed by atoms with E-state index in [0.29, 0.717) is 8.81 Å². The molecule has 2 nitrogen and oxygen atoms in total. The Morgan fingerprint density at radius 3 is 2.38 bits per heavy atom. The Kier molecular flexibility index (Phi) is 9.91. The van der Waals surface area contributed by atoms with E-state index in [1.807, 2.05) is 0 Å². The van der Waals surface area contributed by atoms with Gasteiger partial charge in [-0.15, -0.1) is 0 Å². The van der Waals surface area contributed by atoms with Gasteiger partial charge >= 0.3 is 5.97 Å². The monoisotopic (exact) mass is 204 g/mol. The number of hydrogen-bond acceptors (Lipinski definition) is 2. The van der Waals surface area contributed by atoms with E-state index in [2.05, 4.69) is 6.92 Å². The second kappa shape index (κ2) is 9.98. The van der Waals surface area contributed by atoms with Gasteiger partial charge in [0.25, 0.3) is 0 Å². The zero-order chi connectivity index (χ0) is 9.94. The number of unbranched alkanes of at least 4 members (excludes halogenated alkanes) is 5. The summed E-state index contributed by atoms with van der Waals surface area (Å²) in [4.78, 5) is 10.4. The minimum Gasteiger partial charge on any atom is -0.448 e. The smallest absolute Gasteiger partial charge is 0.305 e. The minimum absolute atomic E-state index is 0.149. The lowest BCUT2D eigenvalue weighted by Gasteiger charge is -2.01. The van der Waals surface area contributed by atoms with Crippen LogP contribution in [-0.2, 0) is 9.32 Å². The summed E-state index contributed by atoms with van der Waals surface area (Å²) in [5.41, 5.74) is 0. The Labute approximate surface area is 83.3 Å². The number of carbonyl (C=O) groups is 1. The number of carbonyl (C=O) groups excluding carboxylic acids is 1. The summed E-state index contributed by atoms with van der Waals surface area (Å²) in [6.45, 7) is 3.69. The van der Waals surface area contributed by atoms with Crippen molar-refractivity contribution < 1.29 is 9.32 Å². The molecule has 0 bridgehead atoms. The standard InChI is InChI=1S/C10H21O2P/c1-3-4-5-6-7-8-9-13-12-10(2)11/h13H,3-9H2,1-2H3. The van der Waals surface area contributed by atoms with E-state index in [1.165, 1.54) is 45.4 Å². The Morgan fingerprint density at radius 1 is 1.15 bits per heavy atom. The third-order valence-electron chi connectivity index (χ3n) is 1.85. The van der Waals surface area contributed by atoms with Gasteiger partial charge in [0.05, 0.1) is 8.81 Å². The molecular weight excluding hydrogens is 183 g/mol. The molecule has 0 saturated carbocycles. The third-order valence-corrected chi connectivity index (χ3v) is 2.84. The van der Waals surface area contributed by atoms with E-state index in [1.54, 1.807) is 0 Å². The molecule has 0 aliphatic heterocycles. The highest BCUT2D eigenvalue weighted by Crippen LogP contribution is 2.15. The molecule has 0 aromatic heterocycles. The van der Waals surface area contributed by atoms with Crippen molar-refractivity contribution >= 4 is 14.8 Å². The predicted octanol–water partition coefficient (Wildman–Crippen LogP) is 3.50. The van der Waals surface area contributed by atoms with Crippen molar-refractivity contribution in [3.63, 3.8) is 0 Å². The highest BCUT2D eigenvalue weighted by Gasteiger charge is 1.93. The van der Waals surface area contributed by atoms with Crippen molar-refractivity contribution in [3.8, 4) is 0 Å². The van der Waals surface area contributed by atoms with E-state index >= 15 is 0 Å². The van der Waals surface area contributed by atoms with E-state index < -0.39 is 0 Å². The molecule has 0 saturated heterocycles. The molecule has 13 heavy (non-hydrogen) atoms. The van der Waals surface area contributed by atoms with Gasteiger partial charge < -0.3 is 4.52 Å². The molecular formula is C10H21O2P. The molecule has 3 heteroatoms. The van der Waals surface area contributed by atoms with Gasteiger partial charge in [-0.2, -0.15) is 0 Å². The molecule has 0 rings (SSSR count). The maximum atomic E-state index is 10.4. The van der Waals surface area contributed by atoms with Crippen LogP contribution in [0.5, 0.6) is 0 Å². The van der Waals surface area contributed by atoms with Crippen LogP contribution in [0.1, 0.15) is 52.4 Å².